The summed E-state index contributed by atoms with van der Waals surface area (Å²) in [5, 5.41) is 0. The normalized spacial score (nSPS) is 15.4. The van der Waals surface area contributed by atoms with Crippen molar-refractivity contribution in [3.63, 3.8) is 0 Å². The number of aldehydes is 1. The van der Waals surface area contributed by atoms with Crippen LogP contribution in [0.15, 0.2) is 24.3 Å². The van der Waals surface area contributed by atoms with Crippen LogP contribution in [-0.4, -0.2) is 12.4 Å². The maximum atomic E-state index is 10.3. The Hall–Kier alpha value is -1.31. The zero-order valence-corrected chi connectivity index (χ0v) is 7.40. The Bertz CT molecular complexity index is 303. The molecule has 0 radical (unpaired) electrons. The van der Waals surface area contributed by atoms with Gasteiger partial charge in [-0.2, -0.15) is 0 Å². The highest BCUT2D eigenvalue weighted by Gasteiger charge is 2.23. The average molecular weight is 176 g/mol. The van der Waals surface area contributed by atoms with Crippen LogP contribution in [0.2, 0.25) is 0 Å². The molecule has 0 atom stereocenters. The van der Waals surface area contributed by atoms with Crippen molar-refractivity contribution in [2.75, 3.05) is 0 Å². The predicted octanol–water partition coefficient (Wildman–Crippen LogP) is 1.97. The molecule has 1 aromatic rings. The fourth-order valence-corrected chi connectivity index (χ4v) is 1.22. The molecular formula is C11H12O2. The third-order valence-electron chi connectivity index (χ3n) is 2.04. The summed E-state index contributed by atoms with van der Waals surface area (Å²) in [6.07, 6.45) is 4.14. The number of benzene rings is 1. The summed E-state index contributed by atoms with van der Waals surface area (Å²) < 4.78 is 5.60. The Balaban J connectivity index is 2.06. The first kappa shape index (κ1) is 8.30. The fraction of sp³-hybridized carbons (Fsp3) is 0.364. The van der Waals surface area contributed by atoms with Gasteiger partial charge in [0.15, 0.2) is 0 Å². The second-order valence-electron chi connectivity index (χ2n) is 3.34. The predicted molar refractivity (Wildman–Crippen MR) is 49.9 cm³/mol. The molecule has 1 aliphatic carbocycles. The summed E-state index contributed by atoms with van der Waals surface area (Å²) >= 11 is 0. The Morgan fingerprint density at radius 1 is 1.46 bits per heavy atom. The van der Waals surface area contributed by atoms with Gasteiger partial charge in [0.1, 0.15) is 12.0 Å². The van der Waals surface area contributed by atoms with Gasteiger partial charge in [0.05, 0.1) is 6.10 Å². The van der Waals surface area contributed by atoms with Crippen LogP contribution in [0.1, 0.15) is 18.4 Å². The van der Waals surface area contributed by atoms with E-state index in [9.17, 15) is 4.79 Å². The van der Waals surface area contributed by atoms with Crippen LogP contribution in [0, 0.1) is 0 Å². The molecule has 1 fully saturated rings. The SMILES string of the molecule is O=CCc1cccc(OC2CC2)c1. The topological polar surface area (TPSA) is 26.3 Å². The van der Waals surface area contributed by atoms with Crippen molar-refractivity contribution in [2.24, 2.45) is 0 Å². The smallest absolute Gasteiger partial charge is 0.124 e. The molecule has 0 unspecified atom stereocenters. The van der Waals surface area contributed by atoms with E-state index in [1.807, 2.05) is 24.3 Å². The van der Waals surface area contributed by atoms with Crippen molar-refractivity contribution in [2.45, 2.75) is 25.4 Å². The van der Waals surface area contributed by atoms with Crippen molar-refractivity contribution in [1.82, 2.24) is 0 Å². The van der Waals surface area contributed by atoms with E-state index < -0.39 is 0 Å². The van der Waals surface area contributed by atoms with E-state index in [2.05, 4.69) is 0 Å². The molecule has 0 saturated heterocycles. The lowest BCUT2D eigenvalue weighted by Crippen LogP contribution is -1.96. The number of rotatable bonds is 4. The molecule has 13 heavy (non-hydrogen) atoms. The Labute approximate surface area is 77.5 Å². The molecule has 2 nitrogen and oxygen atoms in total. The number of hydrogen-bond acceptors (Lipinski definition) is 2. The monoisotopic (exact) mass is 176 g/mol. The molecule has 1 aromatic carbocycles. The lowest BCUT2D eigenvalue weighted by molar-refractivity contribution is -0.107. The molecule has 2 heteroatoms. The van der Waals surface area contributed by atoms with Gasteiger partial charge in [-0.15, -0.1) is 0 Å². The zero-order chi connectivity index (χ0) is 9.10. The lowest BCUT2D eigenvalue weighted by atomic mass is 10.2. The summed E-state index contributed by atoms with van der Waals surface area (Å²) in [7, 11) is 0. The van der Waals surface area contributed by atoms with E-state index in [1.165, 1.54) is 0 Å². The van der Waals surface area contributed by atoms with Crippen molar-refractivity contribution in [1.29, 1.82) is 0 Å². The number of ether oxygens (including phenoxy) is 1. The van der Waals surface area contributed by atoms with Gasteiger partial charge in [0.25, 0.3) is 0 Å². The Morgan fingerprint density at radius 3 is 3.00 bits per heavy atom. The molecule has 0 heterocycles. The fourth-order valence-electron chi connectivity index (χ4n) is 1.22. The molecule has 0 spiro atoms. The van der Waals surface area contributed by atoms with Gasteiger partial charge in [-0.3, -0.25) is 0 Å². The lowest BCUT2D eigenvalue weighted by Gasteiger charge is -2.04. The molecule has 1 aliphatic rings. The van der Waals surface area contributed by atoms with Crippen LogP contribution >= 0.6 is 0 Å². The van der Waals surface area contributed by atoms with E-state index in [0.717, 1.165) is 30.4 Å². The van der Waals surface area contributed by atoms with Crippen molar-refractivity contribution >= 4 is 6.29 Å². The van der Waals surface area contributed by atoms with E-state index in [1.54, 1.807) is 0 Å². The van der Waals surface area contributed by atoms with E-state index in [0.29, 0.717) is 12.5 Å². The van der Waals surface area contributed by atoms with Gasteiger partial charge in [0.2, 0.25) is 0 Å². The Morgan fingerprint density at radius 2 is 2.31 bits per heavy atom. The number of hydrogen-bond donors (Lipinski definition) is 0. The van der Waals surface area contributed by atoms with Crippen LogP contribution in [0.5, 0.6) is 5.75 Å². The minimum absolute atomic E-state index is 0.423. The molecule has 0 amide bonds. The number of carbonyl (C=O) groups is 1. The van der Waals surface area contributed by atoms with Crippen LogP contribution in [-0.2, 0) is 11.2 Å². The largest absolute Gasteiger partial charge is 0.490 e. The molecule has 0 N–H and O–H groups in total. The van der Waals surface area contributed by atoms with E-state index in [-0.39, 0.29) is 0 Å². The minimum Gasteiger partial charge on any atom is -0.490 e. The van der Waals surface area contributed by atoms with Gasteiger partial charge >= 0.3 is 0 Å². The average Bonchev–Trinajstić information content (AvgIpc) is 2.90. The van der Waals surface area contributed by atoms with Crippen molar-refractivity contribution in [3.05, 3.63) is 29.8 Å². The summed E-state index contributed by atoms with van der Waals surface area (Å²) in [6, 6.07) is 7.74. The highest BCUT2D eigenvalue weighted by Crippen LogP contribution is 2.26. The third-order valence-corrected chi connectivity index (χ3v) is 2.04. The van der Waals surface area contributed by atoms with Gasteiger partial charge < -0.3 is 9.53 Å². The maximum absolute atomic E-state index is 10.3. The summed E-state index contributed by atoms with van der Waals surface area (Å²) in [6.45, 7) is 0. The van der Waals surface area contributed by atoms with Crippen LogP contribution < -0.4 is 4.74 Å². The summed E-state index contributed by atoms with van der Waals surface area (Å²) in [4.78, 5) is 10.3. The van der Waals surface area contributed by atoms with Gasteiger partial charge in [0, 0.05) is 6.42 Å². The molecule has 0 aliphatic heterocycles. The third kappa shape index (κ3) is 2.31. The van der Waals surface area contributed by atoms with Crippen molar-refractivity contribution < 1.29 is 9.53 Å². The highest BCUT2D eigenvalue weighted by molar-refractivity contribution is 5.55. The van der Waals surface area contributed by atoms with E-state index in [4.69, 9.17) is 4.74 Å². The Kier molecular flexibility index (Phi) is 2.30. The van der Waals surface area contributed by atoms with Crippen LogP contribution in [0.25, 0.3) is 0 Å². The van der Waals surface area contributed by atoms with Gasteiger partial charge in [-0.25, -0.2) is 0 Å². The first-order chi connectivity index (χ1) is 6.38. The molecular weight excluding hydrogens is 164 g/mol. The highest BCUT2D eigenvalue weighted by atomic mass is 16.5. The van der Waals surface area contributed by atoms with Gasteiger partial charge in [-0.1, -0.05) is 12.1 Å². The molecule has 1 saturated carbocycles. The maximum Gasteiger partial charge on any atom is 0.124 e. The number of carbonyl (C=O) groups excluding carboxylic acids is 1. The van der Waals surface area contributed by atoms with Crippen LogP contribution in [0.3, 0.4) is 0 Å². The second-order valence-corrected chi connectivity index (χ2v) is 3.34. The van der Waals surface area contributed by atoms with Crippen molar-refractivity contribution in [3.8, 4) is 5.75 Å². The second kappa shape index (κ2) is 3.60. The van der Waals surface area contributed by atoms with Gasteiger partial charge in [-0.05, 0) is 30.5 Å². The quantitative estimate of drug-likeness (QED) is 0.655. The molecule has 0 bridgehead atoms. The summed E-state index contributed by atoms with van der Waals surface area (Å²) in [5.41, 5.74) is 1.02. The zero-order valence-electron chi connectivity index (χ0n) is 7.40. The molecule has 68 valence electrons. The first-order valence-electron chi connectivity index (χ1n) is 4.58. The van der Waals surface area contributed by atoms with Crippen LogP contribution in [0.4, 0.5) is 0 Å². The first-order valence-corrected chi connectivity index (χ1v) is 4.58. The molecule has 2 rings (SSSR count). The standard InChI is InChI=1S/C11H12O2/c12-7-6-9-2-1-3-11(8-9)13-10-4-5-10/h1-3,7-8,10H,4-6H2. The van der Waals surface area contributed by atoms with E-state index >= 15 is 0 Å². The molecule has 0 aromatic heterocycles. The minimum atomic E-state index is 0.423. The summed E-state index contributed by atoms with van der Waals surface area (Å²) in [5.74, 6) is 0.891.